The van der Waals surface area contributed by atoms with Gasteiger partial charge in [-0.2, -0.15) is 0 Å². The minimum atomic E-state index is -0.326. The summed E-state index contributed by atoms with van der Waals surface area (Å²) in [6.07, 6.45) is 2.25. The van der Waals surface area contributed by atoms with E-state index in [4.69, 9.17) is 11.6 Å². The van der Waals surface area contributed by atoms with Crippen LogP contribution in [0.25, 0.3) is 0 Å². The zero-order chi connectivity index (χ0) is 9.26. The fourth-order valence-corrected chi connectivity index (χ4v) is 1.82. The van der Waals surface area contributed by atoms with Gasteiger partial charge >= 0.3 is 0 Å². The van der Waals surface area contributed by atoms with E-state index >= 15 is 0 Å². The highest BCUT2D eigenvalue weighted by Gasteiger charge is 2.16. The van der Waals surface area contributed by atoms with Crippen molar-refractivity contribution in [2.45, 2.75) is 18.9 Å². The van der Waals surface area contributed by atoms with Crippen LogP contribution in [-0.4, -0.2) is 6.54 Å². The molecule has 1 atom stereocenters. The van der Waals surface area contributed by atoms with Gasteiger partial charge in [0.1, 0.15) is 5.82 Å². The van der Waals surface area contributed by atoms with Crippen molar-refractivity contribution < 1.29 is 4.39 Å². The molecule has 1 fully saturated rings. The number of halogens is 3. The Labute approximate surface area is 94.1 Å². The Morgan fingerprint density at radius 3 is 2.79 bits per heavy atom. The molecule has 14 heavy (non-hydrogen) atoms. The quantitative estimate of drug-likeness (QED) is 0.788. The summed E-state index contributed by atoms with van der Waals surface area (Å²) in [6.45, 7) is 1.02. The molecule has 1 saturated heterocycles. The molecule has 2 rings (SSSR count). The molecule has 0 saturated carbocycles. The summed E-state index contributed by atoms with van der Waals surface area (Å²) < 4.78 is 13.1. The van der Waals surface area contributed by atoms with E-state index in [0.29, 0.717) is 6.04 Å². The number of nitrogens with one attached hydrogen (secondary N) is 1. The van der Waals surface area contributed by atoms with Gasteiger partial charge in [0.05, 0.1) is 5.02 Å². The topological polar surface area (TPSA) is 12.0 Å². The molecule has 0 spiro atoms. The second kappa shape index (κ2) is 4.96. The molecule has 0 aliphatic carbocycles. The summed E-state index contributed by atoms with van der Waals surface area (Å²) in [7, 11) is 0. The molecule has 1 aromatic rings. The van der Waals surface area contributed by atoms with Crippen molar-refractivity contribution in [3.8, 4) is 0 Å². The molecule has 0 radical (unpaired) electrons. The molecule has 0 unspecified atom stereocenters. The van der Waals surface area contributed by atoms with Crippen LogP contribution >= 0.6 is 24.0 Å². The lowest BCUT2D eigenvalue weighted by atomic mass is 10.1. The molecule has 1 nitrogen and oxygen atoms in total. The van der Waals surface area contributed by atoms with E-state index in [0.717, 1.165) is 24.9 Å². The van der Waals surface area contributed by atoms with Crippen LogP contribution in [0.15, 0.2) is 18.2 Å². The standard InChI is InChI=1S/C10H11ClFN.ClH/c11-8-4-3-7(6-9(8)12)10-2-1-5-13-10;/h3-4,6,10,13H,1-2,5H2;1H/t10-;/m0./s1. The van der Waals surface area contributed by atoms with Crippen molar-refractivity contribution >= 4 is 24.0 Å². The number of hydrogen-bond acceptors (Lipinski definition) is 1. The Kier molecular flexibility index (Phi) is 4.17. The van der Waals surface area contributed by atoms with Crippen LogP contribution in [0.1, 0.15) is 24.4 Å². The van der Waals surface area contributed by atoms with Crippen LogP contribution in [0.3, 0.4) is 0 Å². The van der Waals surface area contributed by atoms with Crippen LogP contribution in [0.5, 0.6) is 0 Å². The number of rotatable bonds is 1. The van der Waals surface area contributed by atoms with Crippen LogP contribution in [-0.2, 0) is 0 Å². The Hall–Kier alpha value is -0.310. The Balaban J connectivity index is 0.000000980. The molecule has 1 heterocycles. The van der Waals surface area contributed by atoms with Gasteiger partial charge < -0.3 is 5.32 Å². The first kappa shape index (κ1) is 11.8. The molecule has 0 bridgehead atoms. The first-order valence-corrected chi connectivity index (χ1v) is 4.83. The summed E-state index contributed by atoms with van der Waals surface area (Å²) in [5.41, 5.74) is 0.999. The van der Waals surface area contributed by atoms with E-state index in [1.54, 1.807) is 6.07 Å². The first-order valence-electron chi connectivity index (χ1n) is 4.46. The summed E-state index contributed by atoms with van der Waals surface area (Å²) in [5, 5.41) is 3.51. The van der Waals surface area contributed by atoms with Crippen molar-refractivity contribution in [1.82, 2.24) is 5.32 Å². The summed E-state index contributed by atoms with van der Waals surface area (Å²) in [6, 6.07) is 5.33. The Morgan fingerprint density at radius 2 is 2.21 bits per heavy atom. The molecular formula is C10H12Cl2FN. The largest absolute Gasteiger partial charge is 0.310 e. The smallest absolute Gasteiger partial charge is 0.142 e. The SMILES string of the molecule is Cl.Fc1cc([C@@H]2CCCN2)ccc1Cl. The first-order chi connectivity index (χ1) is 6.27. The van der Waals surface area contributed by atoms with E-state index in [9.17, 15) is 4.39 Å². The Bertz CT molecular complexity index is 311. The molecule has 1 aromatic carbocycles. The number of benzene rings is 1. The van der Waals surface area contributed by atoms with Gasteiger partial charge in [-0.25, -0.2) is 4.39 Å². The van der Waals surface area contributed by atoms with Gasteiger partial charge in [-0.05, 0) is 37.1 Å². The maximum absolute atomic E-state index is 13.1. The van der Waals surface area contributed by atoms with Gasteiger partial charge in [0.25, 0.3) is 0 Å². The molecule has 1 aliphatic heterocycles. The molecule has 4 heteroatoms. The van der Waals surface area contributed by atoms with Crippen molar-refractivity contribution in [2.75, 3.05) is 6.54 Å². The van der Waals surface area contributed by atoms with E-state index < -0.39 is 0 Å². The minimum Gasteiger partial charge on any atom is -0.310 e. The van der Waals surface area contributed by atoms with Crippen molar-refractivity contribution in [2.24, 2.45) is 0 Å². The average Bonchev–Trinajstić information content (AvgIpc) is 2.62. The van der Waals surface area contributed by atoms with Gasteiger partial charge in [-0.3, -0.25) is 0 Å². The maximum atomic E-state index is 13.1. The molecule has 0 aromatic heterocycles. The lowest BCUT2D eigenvalue weighted by Crippen LogP contribution is -2.12. The normalized spacial score (nSPS) is 20.6. The van der Waals surface area contributed by atoms with Crippen LogP contribution < -0.4 is 5.32 Å². The molecular weight excluding hydrogens is 224 g/mol. The van der Waals surface area contributed by atoms with E-state index in [2.05, 4.69) is 5.32 Å². The third kappa shape index (κ3) is 2.38. The van der Waals surface area contributed by atoms with Gasteiger partial charge in [0, 0.05) is 6.04 Å². The molecule has 78 valence electrons. The monoisotopic (exact) mass is 235 g/mol. The summed E-state index contributed by atoms with van der Waals surface area (Å²) in [4.78, 5) is 0. The van der Waals surface area contributed by atoms with Crippen molar-refractivity contribution in [1.29, 1.82) is 0 Å². The third-order valence-electron chi connectivity index (χ3n) is 2.41. The highest BCUT2D eigenvalue weighted by molar-refractivity contribution is 6.30. The Morgan fingerprint density at radius 1 is 1.43 bits per heavy atom. The van der Waals surface area contributed by atoms with Gasteiger partial charge in [0.2, 0.25) is 0 Å². The second-order valence-corrected chi connectivity index (χ2v) is 3.73. The van der Waals surface area contributed by atoms with Crippen molar-refractivity contribution in [3.05, 3.63) is 34.6 Å². The van der Waals surface area contributed by atoms with Gasteiger partial charge in [-0.1, -0.05) is 17.7 Å². The van der Waals surface area contributed by atoms with E-state index in [1.165, 1.54) is 6.07 Å². The van der Waals surface area contributed by atoms with Crippen molar-refractivity contribution in [3.63, 3.8) is 0 Å². The zero-order valence-corrected chi connectivity index (χ0v) is 9.17. The lowest BCUT2D eigenvalue weighted by Gasteiger charge is -2.10. The maximum Gasteiger partial charge on any atom is 0.142 e. The highest BCUT2D eigenvalue weighted by Crippen LogP contribution is 2.25. The summed E-state index contributed by atoms with van der Waals surface area (Å²) >= 11 is 5.59. The van der Waals surface area contributed by atoms with Crippen LogP contribution in [0.4, 0.5) is 4.39 Å². The number of hydrogen-bond donors (Lipinski definition) is 1. The van der Waals surface area contributed by atoms with Gasteiger partial charge in [-0.15, -0.1) is 12.4 Å². The second-order valence-electron chi connectivity index (χ2n) is 3.32. The summed E-state index contributed by atoms with van der Waals surface area (Å²) in [5.74, 6) is -0.326. The highest BCUT2D eigenvalue weighted by atomic mass is 35.5. The van der Waals surface area contributed by atoms with E-state index in [-0.39, 0.29) is 23.2 Å². The molecule has 1 aliphatic rings. The van der Waals surface area contributed by atoms with Gasteiger partial charge in [0.15, 0.2) is 0 Å². The fourth-order valence-electron chi connectivity index (χ4n) is 1.70. The lowest BCUT2D eigenvalue weighted by molar-refractivity contribution is 0.607. The average molecular weight is 236 g/mol. The minimum absolute atomic E-state index is 0. The van der Waals surface area contributed by atoms with E-state index in [1.807, 2.05) is 6.07 Å². The molecule has 1 N–H and O–H groups in total. The third-order valence-corrected chi connectivity index (χ3v) is 2.71. The molecule has 0 amide bonds. The predicted octanol–water partition coefficient (Wildman–Crippen LogP) is 3.33. The fraction of sp³-hybridized carbons (Fsp3) is 0.400. The predicted molar refractivity (Wildman–Crippen MR) is 58.6 cm³/mol. The van der Waals surface area contributed by atoms with Crippen LogP contribution in [0, 0.1) is 5.82 Å². The zero-order valence-electron chi connectivity index (χ0n) is 7.59. The van der Waals surface area contributed by atoms with Crippen LogP contribution in [0.2, 0.25) is 5.02 Å².